The molecule has 0 unspecified atom stereocenters. The van der Waals surface area contributed by atoms with Gasteiger partial charge in [-0.05, 0) is 55.2 Å². The van der Waals surface area contributed by atoms with Crippen LogP contribution in [0.25, 0.3) is 11.3 Å². The topological polar surface area (TPSA) is 72.1 Å². The van der Waals surface area contributed by atoms with E-state index in [2.05, 4.69) is 39.1 Å². The molecule has 0 bridgehead atoms. The fourth-order valence-corrected chi connectivity index (χ4v) is 7.12. The number of anilines is 1. The molecule has 5 rings (SSSR count). The van der Waals surface area contributed by atoms with Crippen LogP contribution in [0.2, 0.25) is 5.02 Å². The summed E-state index contributed by atoms with van der Waals surface area (Å²) in [4.78, 5) is 11.6. The molecule has 0 saturated carbocycles. The second-order valence-corrected chi connectivity index (χ2v) is 13.0. The maximum Gasteiger partial charge on any atom is 0.147 e. The zero-order valence-electron chi connectivity index (χ0n) is 18.5. The van der Waals surface area contributed by atoms with Gasteiger partial charge in [-0.3, -0.25) is 4.98 Å². The summed E-state index contributed by atoms with van der Waals surface area (Å²) < 4.78 is 12.5. The molecule has 1 saturated heterocycles. The normalized spacial score (nSPS) is 19.9. The molecule has 0 amide bonds. The third-order valence-corrected chi connectivity index (χ3v) is 9.22. The summed E-state index contributed by atoms with van der Waals surface area (Å²) in [5.74, 6) is 0.872. The molecular formula is C25H28ClN4OP. The van der Waals surface area contributed by atoms with E-state index in [-0.39, 0.29) is 11.5 Å². The Hall–Kier alpha value is -2.20. The van der Waals surface area contributed by atoms with Crippen molar-refractivity contribution >= 4 is 29.9 Å². The van der Waals surface area contributed by atoms with Crippen LogP contribution in [0, 0.1) is 5.41 Å². The third kappa shape index (κ3) is 3.67. The maximum atomic E-state index is 12.5. The molecule has 1 atom stereocenters. The van der Waals surface area contributed by atoms with Gasteiger partial charge in [-0.2, -0.15) is 0 Å². The summed E-state index contributed by atoms with van der Waals surface area (Å²) in [5.41, 5.74) is 11.0. The van der Waals surface area contributed by atoms with E-state index in [9.17, 15) is 4.57 Å². The summed E-state index contributed by atoms with van der Waals surface area (Å²) in [6, 6.07) is 14.3. The lowest BCUT2D eigenvalue weighted by molar-refractivity contribution is 0.187. The van der Waals surface area contributed by atoms with Crippen molar-refractivity contribution in [1.29, 1.82) is 0 Å². The number of halogens is 1. The molecular weight excluding hydrogens is 439 g/mol. The van der Waals surface area contributed by atoms with Crippen molar-refractivity contribution in [3.63, 3.8) is 0 Å². The fourth-order valence-electron chi connectivity index (χ4n) is 5.24. The van der Waals surface area contributed by atoms with Crippen LogP contribution in [0.4, 0.5) is 5.82 Å². The van der Waals surface area contributed by atoms with E-state index >= 15 is 0 Å². The molecule has 2 aromatic carbocycles. The number of nitrogens with two attached hydrogens (primary N) is 1. The van der Waals surface area contributed by atoms with Gasteiger partial charge in [0.2, 0.25) is 0 Å². The summed E-state index contributed by atoms with van der Waals surface area (Å²) in [6.07, 6.45) is 6.73. The second-order valence-electron chi connectivity index (χ2n) is 9.45. The van der Waals surface area contributed by atoms with Crippen molar-refractivity contribution in [2.75, 3.05) is 31.3 Å². The minimum Gasteiger partial charge on any atom is -0.355 e. The van der Waals surface area contributed by atoms with Gasteiger partial charge in [0, 0.05) is 30.0 Å². The van der Waals surface area contributed by atoms with Gasteiger partial charge in [-0.1, -0.05) is 48.0 Å². The van der Waals surface area contributed by atoms with E-state index < -0.39 is 7.14 Å². The standard InChI is InChI=1S/C25H28ClN4OP/c1-32(2,31)21-9-5-8-19(23(21)26)20-15-29-22(16-28-20)30-12-10-25(11-13-30)14-17-6-3-4-7-18(17)24(25)27/h3-9,15-16,24H,10-14,27H2,1-2H3/t24-/m1/s1. The van der Waals surface area contributed by atoms with Gasteiger partial charge < -0.3 is 15.2 Å². The van der Waals surface area contributed by atoms with Gasteiger partial charge in [0.25, 0.3) is 0 Å². The second kappa shape index (κ2) is 7.98. The number of benzene rings is 2. The molecule has 1 aliphatic heterocycles. The van der Waals surface area contributed by atoms with Crippen LogP contribution in [-0.2, 0) is 11.0 Å². The average molecular weight is 467 g/mol. The van der Waals surface area contributed by atoms with E-state index in [0.717, 1.165) is 43.7 Å². The lowest BCUT2D eigenvalue weighted by Gasteiger charge is -2.42. The zero-order chi connectivity index (χ0) is 22.5. The van der Waals surface area contributed by atoms with E-state index in [1.54, 1.807) is 19.5 Å². The highest BCUT2D eigenvalue weighted by molar-refractivity contribution is 7.70. The first-order chi connectivity index (χ1) is 15.3. The van der Waals surface area contributed by atoms with Gasteiger partial charge in [0.15, 0.2) is 0 Å². The van der Waals surface area contributed by atoms with Crippen LogP contribution in [0.5, 0.6) is 0 Å². The van der Waals surface area contributed by atoms with Crippen molar-refractivity contribution in [2.45, 2.75) is 25.3 Å². The number of piperidine rings is 1. The Morgan fingerprint density at radius 1 is 1.06 bits per heavy atom. The fraction of sp³-hybridized carbons (Fsp3) is 0.360. The van der Waals surface area contributed by atoms with Crippen molar-refractivity contribution in [1.82, 2.24) is 9.97 Å². The molecule has 2 N–H and O–H groups in total. The van der Waals surface area contributed by atoms with Crippen molar-refractivity contribution in [2.24, 2.45) is 11.1 Å². The Morgan fingerprint density at radius 2 is 1.81 bits per heavy atom. The number of fused-ring (bicyclic) bond motifs is 1. The highest BCUT2D eigenvalue weighted by Gasteiger charge is 2.45. The smallest absolute Gasteiger partial charge is 0.147 e. The lowest BCUT2D eigenvalue weighted by atomic mass is 9.73. The van der Waals surface area contributed by atoms with E-state index in [1.165, 1.54) is 11.1 Å². The van der Waals surface area contributed by atoms with Crippen molar-refractivity contribution < 1.29 is 4.57 Å². The van der Waals surface area contributed by atoms with E-state index in [0.29, 0.717) is 16.0 Å². The molecule has 1 spiro atoms. The van der Waals surface area contributed by atoms with Crippen LogP contribution >= 0.6 is 18.7 Å². The molecule has 2 heterocycles. The van der Waals surface area contributed by atoms with Crippen molar-refractivity contribution in [3.05, 3.63) is 71.0 Å². The quantitative estimate of drug-likeness (QED) is 0.556. The number of aromatic nitrogens is 2. The maximum absolute atomic E-state index is 12.5. The van der Waals surface area contributed by atoms with Crippen molar-refractivity contribution in [3.8, 4) is 11.3 Å². The third-order valence-electron chi connectivity index (χ3n) is 7.15. The first-order valence-electron chi connectivity index (χ1n) is 11.0. The summed E-state index contributed by atoms with van der Waals surface area (Å²) >= 11 is 6.58. The average Bonchev–Trinajstić information content (AvgIpc) is 3.05. The predicted octanol–water partition coefficient (Wildman–Crippen LogP) is 4.89. The van der Waals surface area contributed by atoms with Gasteiger partial charge in [0.05, 0.1) is 23.1 Å². The number of nitrogens with zero attached hydrogens (tertiary/aromatic N) is 3. The molecule has 166 valence electrons. The minimum absolute atomic E-state index is 0.108. The Kier molecular flexibility index (Phi) is 5.40. The molecule has 1 fully saturated rings. The minimum atomic E-state index is -2.47. The SMILES string of the molecule is CP(C)(=O)c1cccc(-c2cnc(N3CCC4(CC3)Cc3ccccc3[C@H]4N)cn2)c1Cl. The largest absolute Gasteiger partial charge is 0.355 e. The summed E-state index contributed by atoms with van der Waals surface area (Å²) in [7, 11) is -2.47. The molecule has 1 aromatic heterocycles. The first-order valence-corrected chi connectivity index (χ1v) is 14.0. The van der Waals surface area contributed by atoms with Gasteiger partial charge in [-0.25, -0.2) is 4.98 Å². The van der Waals surface area contributed by atoms with Crippen LogP contribution in [0.15, 0.2) is 54.9 Å². The van der Waals surface area contributed by atoms with Gasteiger partial charge in [0.1, 0.15) is 13.0 Å². The van der Waals surface area contributed by atoms with Gasteiger partial charge in [-0.15, -0.1) is 0 Å². The van der Waals surface area contributed by atoms with E-state index in [4.69, 9.17) is 17.3 Å². The van der Waals surface area contributed by atoms with Crippen LogP contribution in [-0.4, -0.2) is 36.4 Å². The molecule has 7 heteroatoms. The van der Waals surface area contributed by atoms with Crippen LogP contribution in [0.1, 0.15) is 30.0 Å². The molecule has 0 radical (unpaired) electrons. The molecule has 2 aliphatic rings. The summed E-state index contributed by atoms with van der Waals surface area (Å²) in [6.45, 7) is 5.29. The predicted molar refractivity (Wildman–Crippen MR) is 133 cm³/mol. The Labute approximate surface area is 194 Å². The first kappa shape index (κ1) is 21.6. The lowest BCUT2D eigenvalue weighted by Crippen LogP contribution is -2.44. The van der Waals surface area contributed by atoms with Gasteiger partial charge >= 0.3 is 0 Å². The highest BCUT2D eigenvalue weighted by Crippen LogP contribution is 2.51. The number of hydrogen-bond donors (Lipinski definition) is 1. The van der Waals surface area contributed by atoms with E-state index in [1.807, 2.05) is 24.4 Å². The summed E-state index contributed by atoms with van der Waals surface area (Å²) in [5, 5.41) is 1.18. The van der Waals surface area contributed by atoms with Crippen LogP contribution in [0.3, 0.4) is 0 Å². The Balaban J connectivity index is 1.32. The van der Waals surface area contributed by atoms with Crippen LogP contribution < -0.4 is 15.9 Å². The molecule has 5 nitrogen and oxygen atoms in total. The monoisotopic (exact) mass is 466 g/mol. The number of hydrogen-bond acceptors (Lipinski definition) is 5. The molecule has 1 aliphatic carbocycles. The zero-order valence-corrected chi connectivity index (χ0v) is 20.1. The molecule has 3 aromatic rings. The Bertz CT molecular complexity index is 1200. The molecule has 32 heavy (non-hydrogen) atoms. The Morgan fingerprint density at radius 3 is 2.47 bits per heavy atom. The highest BCUT2D eigenvalue weighted by atomic mass is 35.5. The number of rotatable bonds is 3.